The van der Waals surface area contributed by atoms with Crippen molar-refractivity contribution in [3.05, 3.63) is 64.2 Å². The van der Waals surface area contributed by atoms with E-state index in [1.54, 1.807) is 12.1 Å². The summed E-state index contributed by atoms with van der Waals surface area (Å²) in [7, 11) is 0. The van der Waals surface area contributed by atoms with Gasteiger partial charge in [-0.05, 0) is 50.5 Å². The van der Waals surface area contributed by atoms with E-state index in [4.69, 9.17) is 14.2 Å². The zero-order chi connectivity index (χ0) is 23.9. The summed E-state index contributed by atoms with van der Waals surface area (Å²) in [6, 6.07) is 12.0. The molecule has 1 aliphatic heterocycles. The summed E-state index contributed by atoms with van der Waals surface area (Å²) in [5.41, 5.74) is 4.19. The number of nitrogens with one attached hydrogen (secondary N) is 1. The van der Waals surface area contributed by atoms with Gasteiger partial charge in [0.05, 0.1) is 25.5 Å². The fourth-order valence-corrected chi connectivity index (χ4v) is 4.74. The first-order valence-electron chi connectivity index (χ1n) is 11.7. The molecule has 1 aromatic heterocycles. The first kappa shape index (κ1) is 24.0. The van der Waals surface area contributed by atoms with Crippen LogP contribution in [0.4, 0.5) is 5.13 Å². The van der Waals surface area contributed by atoms with E-state index in [0.717, 1.165) is 31.7 Å². The maximum Gasteiger partial charge on any atom is 0.257 e. The minimum atomic E-state index is -0.266. The first-order chi connectivity index (χ1) is 16.6. The van der Waals surface area contributed by atoms with Crippen molar-refractivity contribution in [3.63, 3.8) is 0 Å². The zero-order valence-electron chi connectivity index (χ0n) is 19.9. The number of carbonyl (C=O) groups excluding carboxylic acids is 1. The SMILES string of the molecule is CCOc1cc(C(=O)Nc2nc(CN3CCc4ccccc4C3)cs2)cc(OCC)c1OCC. The van der Waals surface area contributed by atoms with Crippen LogP contribution < -0.4 is 19.5 Å². The number of thiazole rings is 1. The second-order valence-electron chi connectivity index (χ2n) is 7.93. The Kier molecular flexibility index (Phi) is 8.03. The van der Waals surface area contributed by atoms with Crippen LogP contribution in [-0.2, 0) is 19.5 Å². The molecule has 0 spiro atoms. The molecule has 1 amide bonds. The highest BCUT2D eigenvalue weighted by Crippen LogP contribution is 2.39. The monoisotopic (exact) mass is 481 g/mol. The second-order valence-corrected chi connectivity index (χ2v) is 8.79. The Morgan fingerprint density at radius 3 is 2.38 bits per heavy atom. The van der Waals surface area contributed by atoms with Crippen LogP contribution in [0.15, 0.2) is 41.8 Å². The van der Waals surface area contributed by atoms with Gasteiger partial charge in [-0.2, -0.15) is 0 Å². The molecule has 0 fully saturated rings. The lowest BCUT2D eigenvalue weighted by Gasteiger charge is -2.27. The number of carbonyl (C=O) groups is 1. The highest BCUT2D eigenvalue weighted by molar-refractivity contribution is 7.14. The molecule has 34 heavy (non-hydrogen) atoms. The van der Waals surface area contributed by atoms with Gasteiger partial charge < -0.3 is 14.2 Å². The van der Waals surface area contributed by atoms with Crippen molar-refractivity contribution in [2.24, 2.45) is 0 Å². The topological polar surface area (TPSA) is 72.9 Å². The van der Waals surface area contributed by atoms with Gasteiger partial charge in [-0.1, -0.05) is 24.3 Å². The number of fused-ring (bicyclic) bond motifs is 1. The van der Waals surface area contributed by atoms with Gasteiger partial charge in [0.25, 0.3) is 5.91 Å². The van der Waals surface area contributed by atoms with E-state index in [2.05, 4.69) is 39.5 Å². The Balaban J connectivity index is 1.45. The predicted molar refractivity (Wildman–Crippen MR) is 134 cm³/mol. The number of amides is 1. The number of hydrogen-bond donors (Lipinski definition) is 1. The minimum absolute atomic E-state index is 0.266. The Morgan fingerprint density at radius 1 is 1.03 bits per heavy atom. The third-order valence-electron chi connectivity index (χ3n) is 5.54. The molecular formula is C26H31N3O4S. The summed E-state index contributed by atoms with van der Waals surface area (Å²) >= 11 is 1.43. The maximum absolute atomic E-state index is 13.0. The number of aromatic nitrogens is 1. The smallest absolute Gasteiger partial charge is 0.257 e. The van der Waals surface area contributed by atoms with Crippen molar-refractivity contribution in [2.45, 2.75) is 40.3 Å². The van der Waals surface area contributed by atoms with Crippen molar-refractivity contribution in [2.75, 3.05) is 31.7 Å². The number of nitrogens with zero attached hydrogens (tertiary/aromatic N) is 2. The molecule has 180 valence electrons. The molecule has 2 aromatic carbocycles. The van der Waals surface area contributed by atoms with Crippen LogP contribution in [0.2, 0.25) is 0 Å². The van der Waals surface area contributed by atoms with Crippen molar-refractivity contribution in [1.82, 2.24) is 9.88 Å². The van der Waals surface area contributed by atoms with Crippen LogP contribution in [0.25, 0.3) is 0 Å². The quantitative estimate of drug-likeness (QED) is 0.432. The van der Waals surface area contributed by atoms with Crippen molar-refractivity contribution < 1.29 is 19.0 Å². The normalized spacial score (nSPS) is 13.3. The average molecular weight is 482 g/mol. The summed E-state index contributed by atoms with van der Waals surface area (Å²) in [6.45, 7) is 9.73. The number of anilines is 1. The van der Waals surface area contributed by atoms with E-state index in [0.29, 0.717) is 47.8 Å². The third kappa shape index (κ3) is 5.69. The summed E-state index contributed by atoms with van der Waals surface area (Å²) in [6.07, 6.45) is 1.05. The van der Waals surface area contributed by atoms with Gasteiger partial charge >= 0.3 is 0 Å². The molecule has 0 aliphatic carbocycles. The average Bonchev–Trinajstić information content (AvgIpc) is 3.27. The van der Waals surface area contributed by atoms with Gasteiger partial charge in [-0.15, -0.1) is 11.3 Å². The van der Waals surface area contributed by atoms with Crippen molar-refractivity contribution >= 4 is 22.4 Å². The van der Waals surface area contributed by atoms with Crippen molar-refractivity contribution in [1.29, 1.82) is 0 Å². The highest BCUT2D eigenvalue weighted by atomic mass is 32.1. The van der Waals surface area contributed by atoms with Gasteiger partial charge in [0.15, 0.2) is 16.6 Å². The first-order valence-corrected chi connectivity index (χ1v) is 12.6. The Bertz CT molecular complexity index is 1100. The largest absolute Gasteiger partial charge is 0.490 e. The van der Waals surface area contributed by atoms with E-state index in [1.165, 1.54) is 22.5 Å². The molecule has 1 aliphatic rings. The van der Waals surface area contributed by atoms with Crippen LogP contribution >= 0.6 is 11.3 Å². The van der Waals surface area contributed by atoms with Crippen LogP contribution in [-0.4, -0.2) is 42.2 Å². The van der Waals surface area contributed by atoms with Gasteiger partial charge in [0.1, 0.15) is 0 Å². The van der Waals surface area contributed by atoms with E-state index < -0.39 is 0 Å². The van der Waals surface area contributed by atoms with E-state index in [9.17, 15) is 4.79 Å². The maximum atomic E-state index is 13.0. The molecule has 2 heterocycles. The number of benzene rings is 2. The summed E-state index contributed by atoms with van der Waals surface area (Å²) in [5.74, 6) is 1.23. The predicted octanol–water partition coefficient (Wildman–Crippen LogP) is 5.15. The highest BCUT2D eigenvalue weighted by Gasteiger charge is 2.20. The number of hydrogen-bond acceptors (Lipinski definition) is 7. The molecule has 0 unspecified atom stereocenters. The van der Waals surface area contributed by atoms with E-state index in [1.807, 2.05) is 26.2 Å². The van der Waals surface area contributed by atoms with Crippen LogP contribution in [0.5, 0.6) is 17.2 Å². The second kappa shape index (κ2) is 11.4. The lowest BCUT2D eigenvalue weighted by atomic mass is 10.00. The molecule has 0 radical (unpaired) electrons. The third-order valence-corrected chi connectivity index (χ3v) is 6.35. The standard InChI is InChI=1S/C26H31N3O4S/c1-4-31-22-13-20(14-23(32-5-2)24(22)33-6-3)25(30)28-26-27-21(17-34-26)16-29-12-11-18-9-7-8-10-19(18)15-29/h7-10,13-14,17H,4-6,11-12,15-16H2,1-3H3,(H,27,28,30). The molecule has 8 heteroatoms. The molecule has 0 saturated heterocycles. The molecule has 7 nitrogen and oxygen atoms in total. The van der Waals surface area contributed by atoms with Crippen LogP contribution in [0.3, 0.4) is 0 Å². The van der Waals surface area contributed by atoms with Gasteiger partial charge in [-0.25, -0.2) is 4.98 Å². The Labute approximate surface area is 204 Å². The van der Waals surface area contributed by atoms with E-state index >= 15 is 0 Å². The molecule has 0 saturated carbocycles. The lowest BCUT2D eigenvalue weighted by molar-refractivity contribution is 0.102. The molecule has 3 aromatic rings. The van der Waals surface area contributed by atoms with Crippen molar-refractivity contribution in [3.8, 4) is 17.2 Å². The molecule has 4 rings (SSSR count). The molecular weight excluding hydrogens is 450 g/mol. The Morgan fingerprint density at radius 2 is 1.71 bits per heavy atom. The molecule has 0 atom stereocenters. The molecule has 0 bridgehead atoms. The van der Waals surface area contributed by atoms with Gasteiger partial charge in [-0.3, -0.25) is 15.0 Å². The Hall–Kier alpha value is -3.10. The van der Waals surface area contributed by atoms with Crippen LogP contribution in [0, 0.1) is 0 Å². The lowest BCUT2D eigenvalue weighted by Crippen LogP contribution is -2.30. The zero-order valence-corrected chi connectivity index (χ0v) is 20.7. The van der Waals surface area contributed by atoms with Gasteiger partial charge in [0, 0.05) is 30.6 Å². The fraction of sp³-hybridized carbons (Fsp3) is 0.385. The summed E-state index contributed by atoms with van der Waals surface area (Å²) < 4.78 is 17.2. The minimum Gasteiger partial charge on any atom is -0.490 e. The summed E-state index contributed by atoms with van der Waals surface area (Å²) in [5, 5.41) is 5.50. The molecule has 1 N–H and O–H groups in total. The van der Waals surface area contributed by atoms with E-state index in [-0.39, 0.29) is 5.91 Å². The van der Waals surface area contributed by atoms with Crippen LogP contribution in [0.1, 0.15) is 48.0 Å². The number of rotatable bonds is 10. The number of ether oxygens (including phenoxy) is 3. The van der Waals surface area contributed by atoms with Gasteiger partial charge in [0.2, 0.25) is 5.75 Å². The fourth-order valence-electron chi connectivity index (χ4n) is 4.04. The summed E-state index contributed by atoms with van der Waals surface area (Å²) in [4.78, 5) is 20.1.